The van der Waals surface area contributed by atoms with Crippen LogP contribution in [0.5, 0.6) is 0 Å². The van der Waals surface area contributed by atoms with Crippen molar-refractivity contribution in [3.63, 3.8) is 0 Å². The van der Waals surface area contributed by atoms with E-state index < -0.39 is 5.41 Å². The zero-order chi connectivity index (χ0) is 20.9. The van der Waals surface area contributed by atoms with Crippen LogP contribution < -0.4 is 5.73 Å². The Morgan fingerprint density at radius 2 is 1.69 bits per heavy atom. The first-order chi connectivity index (χ1) is 14.0. The Hall–Kier alpha value is -2.62. The fourth-order valence-electron chi connectivity index (χ4n) is 4.59. The van der Waals surface area contributed by atoms with Crippen LogP contribution in [0.2, 0.25) is 0 Å². The summed E-state index contributed by atoms with van der Waals surface area (Å²) in [5, 5.41) is 0. The highest BCUT2D eigenvalue weighted by molar-refractivity contribution is 5.84. The van der Waals surface area contributed by atoms with Gasteiger partial charge in [0.25, 0.3) is 0 Å². The number of benzene rings is 2. The summed E-state index contributed by atoms with van der Waals surface area (Å²) in [5.41, 5.74) is 8.60. The summed E-state index contributed by atoms with van der Waals surface area (Å²) in [5.74, 6) is -0.116. The normalized spacial score (nSPS) is 19.3. The molecular weight excluding hydrogens is 360 g/mol. The van der Waals surface area contributed by atoms with Gasteiger partial charge >= 0.3 is 0 Å². The summed E-state index contributed by atoms with van der Waals surface area (Å²) in [6, 6.07) is 18.4. The lowest BCUT2D eigenvalue weighted by molar-refractivity contribution is -0.143. The second-order valence-electron chi connectivity index (χ2n) is 8.22. The average Bonchev–Trinajstić information content (AvgIpc) is 2.75. The van der Waals surface area contributed by atoms with Crippen molar-refractivity contribution in [2.75, 3.05) is 13.1 Å². The number of rotatable bonds is 7. The third kappa shape index (κ3) is 4.52. The quantitative estimate of drug-likeness (QED) is 0.758. The first-order valence-electron chi connectivity index (χ1n) is 10.7. The van der Waals surface area contributed by atoms with Gasteiger partial charge in [0.2, 0.25) is 11.8 Å². The van der Waals surface area contributed by atoms with Gasteiger partial charge in [0, 0.05) is 19.0 Å². The van der Waals surface area contributed by atoms with Gasteiger partial charge < -0.3 is 10.6 Å². The number of carbonyl (C=O) groups is 2. The molecule has 29 heavy (non-hydrogen) atoms. The number of nitrogens with two attached hydrogens (primary N) is 1. The van der Waals surface area contributed by atoms with Crippen LogP contribution >= 0.6 is 0 Å². The van der Waals surface area contributed by atoms with Crippen LogP contribution in [0.15, 0.2) is 54.6 Å². The fourth-order valence-corrected chi connectivity index (χ4v) is 4.59. The molecule has 0 radical (unpaired) electrons. The maximum Gasteiger partial charge on any atom is 0.225 e. The summed E-state index contributed by atoms with van der Waals surface area (Å²) in [6.45, 7) is 5.23. The van der Waals surface area contributed by atoms with Crippen molar-refractivity contribution < 1.29 is 9.59 Å². The van der Waals surface area contributed by atoms with E-state index in [1.54, 1.807) is 0 Å². The topological polar surface area (TPSA) is 63.4 Å². The highest BCUT2D eigenvalue weighted by Crippen LogP contribution is 2.37. The third-order valence-corrected chi connectivity index (χ3v) is 6.38. The predicted octanol–water partition coefficient (Wildman–Crippen LogP) is 4.43. The van der Waals surface area contributed by atoms with E-state index in [2.05, 4.69) is 24.3 Å². The summed E-state index contributed by atoms with van der Waals surface area (Å²) >= 11 is 0. The van der Waals surface area contributed by atoms with Gasteiger partial charge in [0.05, 0.1) is 5.41 Å². The second kappa shape index (κ2) is 9.25. The van der Waals surface area contributed by atoms with Gasteiger partial charge in [0.1, 0.15) is 0 Å². The van der Waals surface area contributed by atoms with E-state index in [0.717, 1.165) is 42.4 Å². The number of primary amides is 1. The van der Waals surface area contributed by atoms with Crippen molar-refractivity contribution in [3.05, 3.63) is 60.2 Å². The molecule has 2 N–H and O–H groups in total. The fraction of sp³-hybridized carbons (Fsp3) is 0.440. The molecule has 1 heterocycles. The zero-order valence-electron chi connectivity index (χ0n) is 17.6. The highest BCUT2D eigenvalue weighted by Gasteiger charge is 2.43. The lowest BCUT2D eigenvalue weighted by atomic mass is 9.73. The van der Waals surface area contributed by atoms with E-state index in [0.29, 0.717) is 19.5 Å². The number of hydrogen-bond acceptors (Lipinski definition) is 2. The molecule has 0 aliphatic carbocycles. The molecule has 0 unspecified atom stereocenters. The Morgan fingerprint density at radius 1 is 1.03 bits per heavy atom. The lowest BCUT2D eigenvalue weighted by Gasteiger charge is -2.42. The molecule has 154 valence electrons. The minimum absolute atomic E-state index is 0.0234. The molecule has 0 spiro atoms. The maximum atomic E-state index is 13.0. The van der Waals surface area contributed by atoms with Gasteiger partial charge in [-0.2, -0.15) is 0 Å². The van der Waals surface area contributed by atoms with Gasteiger partial charge in [-0.3, -0.25) is 9.59 Å². The SMILES string of the molecule is CCC(CC)C(=O)N1CCC[C@](Cc2ccccc2-c2ccccc2)(C(N)=O)C1. The summed E-state index contributed by atoms with van der Waals surface area (Å²) in [4.78, 5) is 27.6. The van der Waals surface area contributed by atoms with Crippen molar-refractivity contribution in [2.45, 2.75) is 46.0 Å². The lowest BCUT2D eigenvalue weighted by Crippen LogP contribution is -2.54. The molecular formula is C25H32N2O2. The van der Waals surface area contributed by atoms with Crippen molar-refractivity contribution in [2.24, 2.45) is 17.1 Å². The molecule has 0 bridgehead atoms. The standard InChI is InChI=1S/C25H32N2O2/c1-3-19(4-2)23(28)27-16-10-15-25(18-27,24(26)29)17-21-13-8-9-14-22(21)20-11-6-5-7-12-20/h5-9,11-14,19H,3-4,10,15-18H2,1-2H3,(H2,26,29)/t25-/m1/s1. The van der Waals surface area contributed by atoms with Crippen LogP contribution in [0.25, 0.3) is 11.1 Å². The Morgan fingerprint density at radius 3 is 2.34 bits per heavy atom. The second-order valence-corrected chi connectivity index (χ2v) is 8.22. The summed E-state index contributed by atoms with van der Waals surface area (Å²) in [7, 11) is 0. The zero-order valence-corrected chi connectivity index (χ0v) is 17.6. The maximum absolute atomic E-state index is 13.0. The van der Waals surface area contributed by atoms with E-state index in [4.69, 9.17) is 5.73 Å². The van der Waals surface area contributed by atoms with Crippen molar-refractivity contribution in [1.29, 1.82) is 0 Å². The Bertz CT molecular complexity index is 845. The molecule has 1 saturated heterocycles. The monoisotopic (exact) mass is 392 g/mol. The number of nitrogens with zero attached hydrogens (tertiary/aromatic N) is 1. The predicted molar refractivity (Wildman–Crippen MR) is 117 cm³/mol. The van der Waals surface area contributed by atoms with E-state index >= 15 is 0 Å². The smallest absolute Gasteiger partial charge is 0.225 e. The van der Waals surface area contributed by atoms with E-state index in [1.165, 1.54) is 0 Å². The van der Waals surface area contributed by atoms with Crippen LogP contribution in [-0.2, 0) is 16.0 Å². The van der Waals surface area contributed by atoms with Gasteiger partial charge in [0.15, 0.2) is 0 Å². The first-order valence-corrected chi connectivity index (χ1v) is 10.7. The van der Waals surface area contributed by atoms with Crippen LogP contribution in [-0.4, -0.2) is 29.8 Å². The van der Waals surface area contributed by atoms with Crippen LogP contribution in [0.1, 0.15) is 45.1 Å². The number of piperidine rings is 1. The van der Waals surface area contributed by atoms with Crippen molar-refractivity contribution >= 4 is 11.8 Å². The van der Waals surface area contributed by atoms with Crippen LogP contribution in [0, 0.1) is 11.3 Å². The Labute approximate surface area is 174 Å². The van der Waals surface area contributed by atoms with Gasteiger partial charge in [-0.25, -0.2) is 0 Å². The minimum Gasteiger partial charge on any atom is -0.369 e. The molecule has 1 aliphatic rings. The van der Waals surface area contributed by atoms with Crippen molar-refractivity contribution in [3.8, 4) is 11.1 Å². The third-order valence-electron chi connectivity index (χ3n) is 6.38. The number of carbonyl (C=O) groups excluding carboxylic acids is 2. The number of amides is 2. The molecule has 1 aliphatic heterocycles. The van der Waals surface area contributed by atoms with Gasteiger partial charge in [-0.15, -0.1) is 0 Å². The molecule has 3 rings (SSSR count). The summed E-state index contributed by atoms with van der Waals surface area (Å²) in [6.07, 6.45) is 3.74. The highest BCUT2D eigenvalue weighted by atomic mass is 16.2. The number of hydrogen-bond donors (Lipinski definition) is 1. The molecule has 2 aromatic carbocycles. The Balaban J connectivity index is 1.91. The molecule has 1 atom stereocenters. The van der Waals surface area contributed by atoms with E-state index in [9.17, 15) is 9.59 Å². The molecule has 2 amide bonds. The largest absolute Gasteiger partial charge is 0.369 e. The van der Waals surface area contributed by atoms with E-state index in [1.807, 2.05) is 49.1 Å². The Kier molecular flexibility index (Phi) is 6.73. The van der Waals surface area contributed by atoms with E-state index in [-0.39, 0.29) is 17.7 Å². The molecule has 2 aromatic rings. The van der Waals surface area contributed by atoms with Gasteiger partial charge in [-0.1, -0.05) is 68.4 Å². The van der Waals surface area contributed by atoms with Crippen molar-refractivity contribution in [1.82, 2.24) is 4.90 Å². The molecule has 4 heteroatoms. The molecule has 0 aromatic heterocycles. The first kappa shape index (κ1) is 21.1. The number of likely N-dealkylation sites (tertiary alicyclic amines) is 1. The van der Waals surface area contributed by atoms with Crippen LogP contribution in [0.4, 0.5) is 0 Å². The average molecular weight is 393 g/mol. The molecule has 0 saturated carbocycles. The molecule has 4 nitrogen and oxygen atoms in total. The summed E-state index contributed by atoms with van der Waals surface area (Å²) < 4.78 is 0. The van der Waals surface area contributed by atoms with Gasteiger partial charge in [-0.05, 0) is 48.8 Å². The minimum atomic E-state index is -0.717. The molecule has 1 fully saturated rings. The van der Waals surface area contributed by atoms with Crippen LogP contribution in [0.3, 0.4) is 0 Å².